The molecule has 1 spiro atoms. The summed E-state index contributed by atoms with van der Waals surface area (Å²) in [5.41, 5.74) is 0.833. The topological polar surface area (TPSA) is 75.6 Å². The average molecular weight is 358 g/mol. The zero-order valence-corrected chi connectivity index (χ0v) is 15.6. The van der Waals surface area contributed by atoms with Crippen molar-refractivity contribution in [1.29, 1.82) is 0 Å². The van der Waals surface area contributed by atoms with Crippen molar-refractivity contribution >= 4 is 11.9 Å². The maximum absolute atomic E-state index is 12.6. The van der Waals surface area contributed by atoms with E-state index in [-0.39, 0.29) is 34.5 Å². The lowest BCUT2D eigenvalue weighted by atomic mass is 9.71. The van der Waals surface area contributed by atoms with Gasteiger partial charge in [0.25, 0.3) is 0 Å². The van der Waals surface area contributed by atoms with E-state index >= 15 is 0 Å². The smallest absolute Gasteiger partial charge is 0.310 e. The normalized spacial score (nSPS) is 28.7. The molecule has 4 rings (SSSR count). The van der Waals surface area contributed by atoms with Crippen LogP contribution in [0.2, 0.25) is 0 Å². The van der Waals surface area contributed by atoms with Crippen molar-refractivity contribution in [3.05, 3.63) is 24.3 Å². The van der Waals surface area contributed by atoms with Gasteiger partial charge in [-0.2, -0.15) is 0 Å². The second-order valence-corrected chi connectivity index (χ2v) is 8.74. The monoisotopic (exact) mass is 358 g/mol. The summed E-state index contributed by atoms with van der Waals surface area (Å²) >= 11 is 0. The number of aromatic nitrogens is 2. The Hall–Kier alpha value is -2.02. The number of rotatable bonds is 4. The molecule has 0 radical (unpaired) electrons. The van der Waals surface area contributed by atoms with E-state index in [1.807, 2.05) is 4.90 Å². The van der Waals surface area contributed by atoms with Crippen LogP contribution in [0.3, 0.4) is 0 Å². The number of methoxy groups -OCH3 is 1. The molecule has 1 saturated carbocycles. The van der Waals surface area contributed by atoms with Crippen molar-refractivity contribution < 1.29 is 14.3 Å². The van der Waals surface area contributed by atoms with Gasteiger partial charge in [-0.05, 0) is 11.8 Å². The van der Waals surface area contributed by atoms with E-state index < -0.39 is 0 Å². The number of hydrogen-bond donors (Lipinski definition) is 0. The van der Waals surface area contributed by atoms with E-state index in [4.69, 9.17) is 4.74 Å². The minimum absolute atomic E-state index is 0.134. The molecule has 1 aromatic rings. The molecular weight excluding hydrogens is 332 g/mol. The maximum atomic E-state index is 12.6. The van der Waals surface area contributed by atoms with E-state index in [1.54, 1.807) is 18.6 Å². The van der Waals surface area contributed by atoms with Crippen molar-refractivity contribution in [2.45, 2.75) is 26.8 Å². The Balaban J connectivity index is 1.44. The highest BCUT2D eigenvalue weighted by atomic mass is 16.5. The SMILES string of the molecule is COC(=O)[C@@H]1CN(Cc2cnccn2)CC12CN(C(=O)[C@H]1CC1(C)C)C2. The predicted octanol–water partition coefficient (Wildman–Crippen LogP) is 0.956. The molecule has 0 unspecified atom stereocenters. The zero-order valence-electron chi connectivity index (χ0n) is 15.6. The van der Waals surface area contributed by atoms with Crippen LogP contribution in [0.15, 0.2) is 18.6 Å². The van der Waals surface area contributed by atoms with Crippen molar-refractivity contribution in [1.82, 2.24) is 19.8 Å². The van der Waals surface area contributed by atoms with Gasteiger partial charge in [0.15, 0.2) is 0 Å². The molecule has 7 nitrogen and oxygen atoms in total. The highest BCUT2D eigenvalue weighted by molar-refractivity contribution is 5.84. The van der Waals surface area contributed by atoms with Crippen LogP contribution in [0.25, 0.3) is 0 Å². The fraction of sp³-hybridized carbons (Fsp3) is 0.684. The number of carbonyl (C=O) groups excluding carboxylic acids is 2. The third-order valence-corrected chi connectivity index (χ3v) is 6.34. The first-order valence-electron chi connectivity index (χ1n) is 9.18. The van der Waals surface area contributed by atoms with Gasteiger partial charge in [-0.3, -0.25) is 24.5 Å². The van der Waals surface area contributed by atoms with Crippen LogP contribution in [0, 0.1) is 22.7 Å². The predicted molar refractivity (Wildman–Crippen MR) is 93.7 cm³/mol. The van der Waals surface area contributed by atoms with Crippen molar-refractivity contribution in [2.24, 2.45) is 22.7 Å². The Kier molecular flexibility index (Phi) is 4.02. The first kappa shape index (κ1) is 17.4. The second kappa shape index (κ2) is 6.01. The number of ether oxygens (including phenoxy) is 1. The molecule has 0 bridgehead atoms. The van der Waals surface area contributed by atoms with Gasteiger partial charge in [-0.15, -0.1) is 0 Å². The lowest BCUT2D eigenvalue weighted by Gasteiger charge is -2.50. The van der Waals surface area contributed by atoms with Crippen LogP contribution >= 0.6 is 0 Å². The molecule has 3 heterocycles. The minimum Gasteiger partial charge on any atom is -0.469 e. The van der Waals surface area contributed by atoms with Crippen LogP contribution in [0.1, 0.15) is 26.0 Å². The second-order valence-electron chi connectivity index (χ2n) is 8.74. The molecule has 2 saturated heterocycles. The van der Waals surface area contributed by atoms with Gasteiger partial charge in [0.1, 0.15) is 0 Å². The molecule has 1 amide bonds. The van der Waals surface area contributed by atoms with Crippen LogP contribution in [0.4, 0.5) is 0 Å². The highest BCUT2D eigenvalue weighted by Gasteiger charge is 2.61. The lowest BCUT2D eigenvalue weighted by molar-refractivity contribution is -0.160. The summed E-state index contributed by atoms with van der Waals surface area (Å²) in [6.07, 6.45) is 6.06. The van der Waals surface area contributed by atoms with Gasteiger partial charge in [0.05, 0.1) is 18.7 Å². The molecule has 1 aliphatic carbocycles. The van der Waals surface area contributed by atoms with E-state index in [0.29, 0.717) is 26.2 Å². The molecule has 2 atom stereocenters. The van der Waals surface area contributed by atoms with Gasteiger partial charge in [0.2, 0.25) is 5.91 Å². The summed E-state index contributed by atoms with van der Waals surface area (Å²) in [7, 11) is 1.44. The van der Waals surface area contributed by atoms with Crippen LogP contribution < -0.4 is 0 Å². The molecule has 0 aromatic carbocycles. The highest BCUT2D eigenvalue weighted by Crippen LogP contribution is 2.54. The van der Waals surface area contributed by atoms with Crippen LogP contribution in [-0.2, 0) is 20.9 Å². The third kappa shape index (κ3) is 2.88. The first-order chi connectivity index (χ1) is 12.3. The molecule has 140 valence electrons. The van der Waals surface area contributed by atoms with E-state index in [9.17, 15) is 9.59 Å². The number of esters is 1. The summed E-state index contributed by atoms with van der Waals surface area (Å²) in [4.78, 5) is 37.6. The number of likely N-dealkylation sites (tertiary alicyclic amines) is 2. The minimum atomic E-state index is -0.194. The van der Waals surface area contributed by atoms with E-state index in [2.05, 4.69) is 28.7 Å². The Morgan fingerprint density at radius 1 is 1.23 bits per heavy atom. The standard InChI is InChI=1S/C19H26N4O3/c1-18(2)6-14(18)16(24)23-11-19(12-23)10-22(9-15(19)17(25)26-3)8-13-7-20-4-5-21-13/h4-5,7,14-15H,6,8-12H2,1-3H3/t14-,15+/m1/s1. The largest absolute Gasteiger partial charge is 0.469 e. The molecule has 3 fully saturated rings. The quantitative estimate of drug-likeness (QED) is 0.746. The summed E-state index contributed by atoms with van der Waals surface area (Å²) < 4.78 is 5.06. The molecular formula is C19H26N4O3. The fourth-order valence-electron chi connectivity index (χ4n) is 4.60. The number of carbonyl (C=O) groups is 2. The van der Waals surface area contributed by atoms with Gasteiger partial charge < -0.3 is 9.64 Å². The molecule has 0 N–H and O–H groups in total. The van der Waals surface area contributed by atoms with Crippen molar-refractivity contribution in [3.63, 3.8) is 0 Å². The Labute approximate surface area is 153 Å². The first-order valence-corrected chi connectivity index (χ1v) is 9.18. The van der Waals surface area contributed by atoms with Gasteiger partial charge in [0, 0.05) is 62.6 Å². The van der Waals surface area contributed by atoms with Crippen molar-refractivity contribution in [2.75, 3.05) is 33.3 Å². The molecule has 7 heteroatoms. The van der Waals surface area contributed by atoms with Crippen LogP contribution in [-0.4, -0.2) is 64.9 Å². The average Bonchev–Trinajstić information content (AvgIpc) is 3.06. The number of amides is 1. The van der Waals surface area contributed by atoms with Gasteiger partial charge in [-0.1, -0.05) is 13.8 Å². The van der Waals surface area contributed by atoms with E-state index in [0.717, 1.165) is 18.7 Å². The summed E-state index contributed by atoms with van der Waals surface area (Å²) in [6.45, 7) is 7.65. The Bertz CT molecular complexity index is 715. The zero-order chi connectivity index (χ0) is 18.5. The Morgan fingerprint density at radius 2 is 1.96 bits per heavy atom. The maximum Gasteiger partial charge on any atom is 0.310 e. The molecule has 1 aromatic heterocycles. The summed E-state index contributed by atoms with van der Waals surface area (Å²) in [5.74, 6) is 0.0241. The molecule has 3 aliphatic rings. The Morgan fingerprint density at radius 3 is 2.54 bits per heavy atom. The third-order valence-electron chi connectivity index (χ3n) is 6.34. The van der Waals surface area contributed by atoms with Gasteiger partial charge >= 0.3 is 5.97 Å². The number of nitrogens with zero attached hydrogens (tertiary/aromatic N) is 4. The summed E-state index contributed by atoms with van der Waals surface area (Å²) in [6, 6.07) is 0. The molecule has 2 aliphatic heterocycles. The van der Waals surface area contributed by atoms with Crippen LogP contribution in [0.5, 0.6) is 0 Å². The fourth-order valence-corrected chi connectivity index (χ4v) is 4.60. The van der Waals surface area contributed by atoms with E-state index in [1.165, 1.54) is 7.11 Å². The van der Waals surface area contributed by atoms with Gasteiger partial charge in [-0.25, -0.2) is 0 Å². The van der Waals surface area contributed by atoms with Crippen molar-refractivity contribution in [3.8, 4) is 0 Å². The number of hydrogen-bond acceptors (Lipinski definition) is 6. The summed E-state index contributed by atoms with van der Waals surface area (Å²) in [5, 5.41) is 0. The molecule has 26 heavy (non-hydrogen) atoms. The lowest BCUT2D eigenvalue weighted by Crippen LogP contribution is -2.63.